The van der Waals surface area contributed by atoms with Gasteiger partial charge in [0.05, 0.1) is 5.36 Å². The zero-order chi connectivity index (χ0) is 22.6. The number of rotatable bonds is 6. The van der Waals surface area contributed by atoms with Crippen LogP contribution in [0, 0.1) is 0 Å². The van der Waals surface area contributed by atoms with Gasteiger partial charge < -0.3 is 4.74 Å². The van der Waals surface area contributed by atoms with Crippen molar-refractivity contribution in [3.8, 4) is 5.75 Å². The molecule has 0 radical (unpaired) electrons. The standard InChI is InChI=1S/C26H22N4O2S/c1-2-16-33-26-28-25(31)23-19-12-6-8-14-21(19)27-24(30(23)29-26)20-13-7-9-15-22(20)32-17-18-10-4-3-5-11-18/h2-15,24H,1,16-17H2,(H,28,29,31)/t24-/m0/s1. The van der Waals surface area contributed by atoms with Gasteiger partial charge in [0.15, 0.2) is 11.3 Å². The zero-order valence-electron chi connectivity index (χ0n) is 17.8. The lowest BCUT2D eigenvalue weighted by Crippen LogP contribution is -2.50. The molecule has 0 saturated carbocycles. The molecule has 3 aromatic rings. The molecule has 0 saturated heterocycles. The van der Waals surface area contributed by atoms with E-state index in [0.29, 0.717) is 29.0 Å². The Morgan fingerprint density at radius 2 is 1.79 bits per heavy atom. The SMILES string of the molecule is C=CCSC1=NN2C(=c3ccccc3=N[C@@H]2c2ccccc2OCc2ccccc2)C(=O)N1. The molecule has 0 bridgehead atoms. The Bertz CT molecular complexity index is 1350. The largest absolute Gasteiger partial charge is 0.488 e. The van der Waals surface area contributed by atoms with Gasteiger partial charge in [0.2, 0.25) is 0 Å². The molecule has 0 aliphatic carbocycles. The van der Waals surface area contributed by atoms with E-state index in [1.807, 2.05) is 78.9 Å². The number of amidine groups is 1. The minimum absolute atomic E-state index is 0.202. The summed E-state index contributed by atoms with van der Waals surface area (Å²) in [5, 5.41) is 11.4. The van der Waals surface area contributed by atoms with Crippen LogP contribution >= 0.6 is 11.8 Å². The van der Waals surface area contributed by atoms with Crippen molar-refractivity contribution in [1.29, 1.82) is 0 Å². The van der Waals surface area contributed by atoms with Gasteiger partial charge >= 0.3 is 0 Å². The predicted octanol–water partition coefficient (Wildman–Crippen LogP) is 3.33. The first-order valence-electron chi connectivity index (χ1n) is 10.6. The summed E-state index contributed by atoms with van der Waals surface area (Å²) in [6, 6.07) is 25.4. The minimum Gasteiger partial charge on any atom is -0.488 e. The number of carbonyl (C=O) groups is 1. The minimum atomic E-state index is -0.535. The Kier molecular flexibility index (Phi) is 5.95. The van der Waals surface area contributed by atoms with Gasteiger partial charge in [-0.15, -0.1) is 11.7 Å². The summed E-state index contributed by atoms with van der Waals surface area (Å²) >= 11 is 1.42. The van der Waals surface area contributed by atoms with Crippen molar-refractivity contribution in [1.82, 2.24) is 10.3 Å². The van der Waals surface area contributed by atoms with E-state index < -0.39 is 6.17 Å². The molecule has 164 valence electrons. The number of nitrogens with one attached hydrogen (secondary N) is 1. The van der Waals surface area contributed by atoms with Crippen molar-refractivity contribution < 1.29 is 9.53 Å². The molecule has 0 aromatic heterocycles. The second-order valence-corrected chi connectivity index (χ2v) is 8.49. The molecule has 6 nitrogen and oxygen atoms in total. The van der Waals surface area contributed by atoms with Crippen LogP contribution in [-0.4, -0.2) is 21.8 Å². The fourth-order valence-corrected chi connectivity index (χ4v) is 4.38. The van der Waals surface area contributed by atoms with Crippen molar-refractivity contribution in [3.05, 3.63) is 113 Å². The second-order valence-electron chi connectivity index (χ2n) is 7.48. The second kappa shape index (κ2) is 9.34. The number of hydrazone groups is 1. The summed E-state index contributed by atoms with van der Waals surface area (Å²) in [4.78, 5) is 18.1. The normalized spacial score (nSPS) is 16.7. The van der Waals surface area contributed by atoms with Crippen LogP contribution in [0.25, 0.3) is 5.70 Å². The van der Waals surface area contributed by atoms with Crippen LogP contribution in [0.4, 0.5) is 0 Å². The molecular formula is C26H22N4O2S. The highest BCUT2D eigenvalue weighted by Crippen LogP contribution is 2.35. The lowest BCUT2D eigenvalue weighted by molar-refractivity contribution is -0.116. The maximum atomic E-state index is 13.2. The molecule has 1 N–H and O–H groups in total. The maximum Gasteiger partial charge on any atom is 0.276 e. The number of thioether (sulfide) groups is 1. The van der Waals surface area contributed by atoms with Crippen LogP contribution in [0.15, 0.2) is 102 Å². The Labute approximate surface area is 196 Å². The first kappa shape index (κ1) is 21.0. The van der Waals surface area contributed by atoms with Crippen molar-refractivity contribution in [3.63, 3.8) is 0 Å². The predicted molar refractivity (Wildman–Crippen MR) is 131 cm³/mol. The van der Waals surface area contributed by atoms with E-state index in [4.69, 9.17) is 14.8 Å². The molecule has 2 aliphatic rings. The van der Waals surface area contributed by atoms with Crippen molar-refractivity contribution in [2.45, 2.75) is 12.8 Å². The molecule has 2 aliphatic heterocycles. The van der Waals surface area contributed by atoms with Crippen LogP contribution in [0.2, 0.25) is 0 Å². The lowest BCUT2D eigenvalue weighted by Gasteiger charge is -2.34. The van der Waals surface area contributed by atoms with Gasteiger partial charge in [-0.3, -0.25) is 15.1 Å². The van der Waals surface area contributed by atoms with Gasteiger partial charge in [-0.2, -0.15) is 0 Å². The quantitative estimate of drug-likeness (QED) is 0.581. The molecule has 1 amide bonds. The lowest BCUT2D eigenvalue weighted by atomic mass is 10.1. The molecule has 0 unspecified atom stereocenters. The monoisotopic (exact) mass is 454 g/mol. The Morgan fingerprint density at radius 1 is 1.03 bits per heavy atom. The van der Waals surface area contributed by atoms with Crippen molar-refractivity contribution >= 4 is 28.5 Å². The van der Waals surface area contributed by atoms with E-state index in [0.717, 1.165) is 21.7 Å². The number of carbonyl (C=O) groups excluding carboxylic acids is 1. The van der Waals surface area contributed by atoms with Gasteiger partial charge in [-0.1, -0.05) is 84.6 Å². The highest BCUT2D eigenvalue weighted by Gasteiger charge is 2.35. The molecule has 2 heterocycles. The number of hydrogen-bond acceptors (Lipinski definition) is 6. The smallest absolute Gasteiger partial charge is 0.276 e. The highest BCUT2D eigenvalue weighted by molar-refractivity contribution is 8.14. The number of amides is 1. The molecule has 0 fully saturated rings. The summed E-state index contributed by atoms with van der Waals surface area (Å²) in [6.07, 6.45) is 1.24. The number of para-hydroxylation sites is 2. The molecule has 5 rings (SSSR count). The molecule has 3 aromatic carbocycles. The van der Waals surface area contributed by atoms with Crippen LogP contribution in [0.5, 0.6) is 5.75 Å². The number of fused-ring (bicyclic) bond motifs is 2. The van der Waals surface area contributed by atoms with Gasteiger partial charge in [0, 0.05) is 16.5 Å². The van der Waals surface area contributed by atoms with Crippen LogP contribution < -0.4 is 20.6 Å². The summed E-state index contributed by atoms with van der Waals surface area (Å²) in [5.74, 6) is 1.14. The van der Waals surface area contributed by atoms with Gasteiger partial charge in [-0.25, -0.2) is 5.01 Å². The fraction of sp³-hybridized carbons (Fsp3) is 0.115. The van der Waals surface area contributed by atoms with Crippen LogP contribution in [-0.2, 0) is 11.4 Å². The molecule has 33 heavy (non-hydrogen) atoms. The topological polar surface area (TPSA) is 66.3 Å². The average Bonchev–Trinajstić information content (AvgIpc) is 2.86. The third-order valence-electron chi connectivity index (χ3n) is 5.29. The highest BCUT2D eigenvalue weighted by atomic mass is 32.2. The van der Waals surface area contributed by atoms with Gasteiger partial charge in [0.25, 0.3) is 5.91 Å². The van der Waals surface area contributed by atoms with E-state index in [9.17, 15) is 4.79 Å². The van der Waals surface area contributed by atoms with E-state index in [1.54, 1.807) is 11.1 Å². The number of ether oxygens (including phenoxy) is 1. The Balaban J connectivity index is 1.59. The summed E-state index contributed by atoms with van der Waals surface area (Å²) < 4.78 is 6.20. The van der Waals surface area contributed by atoms with E-state index in [2.05, 4.69) is 11.9 Å². The molecule has 0 spiro atoms. The van der Waals surface area contributed by atoms with Gasteiger partial charge in [0.1, 0.15) is 18.1 Å². The van der Waals surface area contributed by atoms with Crippen molar-refractivity contribution in [2.24, 2.45) is 10.1 Å². The molecule has 7 heteroatoms. The summed E-state index contributed by atoms with van der Waals surface area (Å²) in [5.41, 5.74) is 2.39. The van der Waals surface area contributed by atoms with E-state index in [1.165, 1.54) is 11.8 Å². The van der Waals surface area contributed by atoms with E-state index >= 15 is 0 Å². The molecule has 1 atom stereocenters. The zero-order valence-corrected chi connectivity index (χ0v) is 18.7. The average molecular weight is 455 g/mol. The van der Waals surface area contributed by atoms with Crippen LogP contribution in [0.1, 0.15) is 17.3 Å². The fourth-order valence-electron chi connectivity index (χ4n) is 3.79. The summed E-state index contributed by atoms with van der Waals surface area (Å²) in [7, 11) is 0. The van der Waals surface area contributed by atoms with E-state index in [-0.39, 0.29) is 5.91 Å². The first-order chi connectivity index (χ1) is 16.2. The van der Waals surface area contributed by atoms with Crippen molar-refractivity contribution in [2.75, 3.05) is 5.75 Å². The third kappa shape index (κ3) is 4.27. The molecular weight excluding hydrogens is 432 g/mol. The number of hydrogen-bond donors (Lipinski definition) is 1. The third-order valence-corrected chi connectivity index (χ3v) is 6.15. The maximum absolute atomic E-state index is 13.2. The van der Waals surface area contributed by atoms with Crippen LogP contribution in [0.3, 0.4) is 0 Å². The first-order valence-corrected chi connectivity index (χ1v) is 11.6. The Hall–Kier alpha value is -3.84. The number of benzene rings is 3. The summed E-state index contributed by atoms with van der Waals surface area (Å²) in [6.45, 7) is 4.18. The van der Waals surface area contributed by atoms with Gasteiger partial charge in [-0.05, 0) is 17.7 Å². The Morgan fingerprint density at radius 3 is 2.64 bits per heavy atom. The number of nitrogens with zero attached hydrogens (tertiary/aromatic N) is 3.